The van der Waals surface area contributed by atoms with Crippen molar-refractivity contribution in [2.75, 3.05) is 0 Å². The lowest BCUT2D eigenvalue weighted by Gasteiger charge is -2.13. The van der Waals surface area contributed by atoms with Crippen LogP contribution in [0.15, 0.2) is 18.2 Å². The van der Waals surface area contributed by atoms with Crippen molar-refractivity contribution in [2.24, 2.45) is 0 Å². The third kappa shape index (κ3) is 3.69. The molecule has 0 bridgehead atoms. The highest BCUT2D eigenvalue weighted by molar-refractivity contribution is 6.35. The molecule has 88 valence electrons. The number of rotatable bonds is 4. The van der Waals surface area contributed by atoms with Crippen LogP contribution in [0.2, 0.25) is 10.0 Å². The second kappa shape index (κ2) is 6.12. The van der Waals surface area contributed by atoms with Crippen LogP contribution in [0.4, 0.5) is 0 Å². The number of halogens is 2. The molecular formula is C12H15Cl2NO. The topological polar surface area (TPSA) is 29.1 Å². The molecule has 0 aromatic heterocycles. The van der Waals surface area contributed by atoms with Gasteiger partial charge < -0.3 is 5.32 Å². The van der Waals surface area contributed by atoms with Gasteiger partial charge in [0.2, 0.25) is 0 Å². The van der Waals surface area contributed by atoms with Crippen LogP contribution in [0.25, 0.3) is 0 Å². The van der Waals surface area contributed by atoms with Crippen LogP contribution >= 0.6 is 23.2 Å². The highest BCUT2D eigenvalue weighted by atomic mass is 35.5. The SMILES string of the molecule is CCC[C@H](C)NC(=O)c1cc(Cl)ccc1Cl. The smallest absolute Gasteiger partial charge is 0.253 e. The number of hydrogen-bond acceptors (Lipinski definition) is 1. The molecule has 1 N–H and O–H groups in total. The molecule has 1 atom stereocenters. The zero-order valence-corrected chi connectivity index (χ0v) is 10.9. The van der Waals surface area contributed by atoms with Gasteiger partial charge in [-0.2, -0.15) is 0 Å². The zero-order chi connectivity index (χ0) is 12.1. The van der Waals surface area contributed by atoms with Crippen molar-refractivity contribution in [3.8, 4) is 0 Å². The molecule has 0 saturated heterocycles. The molecule has 0 aliphatic rings. The zero-order valence-electron chi connectivity index (χ0n) is 9.39. The van der Waals surface area contributed by atoms with Crippen LogP contribution in [0.5, 0.6) is 0 Å². The molecule has 1 amide bonds. The van der Waals surface area contributed by atoms with Crippen molar-refractivity contribution in [1.82, 2.24) is 5.32 Å². The van der Waals surface area contributed by atoms with E-state index >= 15 is 0 Å². The van der Waals surface area contributed by atoms with Gasteiger partial charge in [0.25, 0.3) is 5.91 Å². The van der Waals surface area contributed by atoms with Gasteiger partial charge in [-0.3, -0.25) is 4.79 Å². The van der Waals surface area contributed by atoms with Crippen LogP contribution < -0.4 is 5.32 Å². The average molecular weight is 260 g/mol. The molecule has 1 aromatic carbocycles. The normalized spacial score (nSPS) is 12.2. The van der Waals surface area contributed by atoms with Gasteiger partial charge >= 0.3 is 0 Å². The predicted octanol–water partition coefficient (Wildman–Crippen LogP) is 3.91. The lowest BCUT2D eigenvalue weighted by Crippen LogP contribution is -2.32. The molecule has 0 spiro atoms. The molecule has 0 unspecified atom stereocenters. The maximum atomic E-state index is 11.8. The van der Waals surface area contributed by atoms with Gasteiger partial charge in [0, 0.05) is 11.1 Å². The Labute approximate surface area is 106 Å². The van der Waals surface area contributed by atoms with Gasteiger partial charge in [-0.15, -0.1) is 0 Å². The minimum absolute atomic E-state index is 0.146. The number of hydrogen-bond donors (Lipinski definition) is 1. The van der Waals surface area contributed by atoms with Crippen molar-refractivity contribution in [2.45, 2.75) is 32.7 Å². The van der Waals surface area contributed by atoms with E-state index in [1.54, 1.807) is 18.2 Å². The average Bonchev–Trinajstić information content (AvgIpc) is 2.21. The number of carbonyl (C=O) groups is 1. The lowest BCUT2D eigenvalue weighted by atomic mass is 10.1. The number of nitrogens with one attached hydrogen (secondary N) is 1. The van der Waals surface area contributed by atoms with Crippen molar-refractivity contribution in [3.05, 3.63) is 33.8 Å². The van der Waals surface area contributed by atoms with E-state index < -0.39 is 0 Å². The molecule has 0 radical (unpaired) electrons. The van der Waals surface area contributed by atoms with E-state index in [0.29, 0.717) is 15.6 Å². The maximum Gasteiger partial charge on any atom is 0.253 e. The summed E-state index contributed by atoms with van der Waals surface area (Å²) in [6, 6.07) is 5.02. The van der Waals surface area contributed by atoms with Gasteiger partial charge in [0.15, 0.2) is 0 Å². The fraction of sp³-hybridized carbons (Fsp3) is 0.417. The lowest BCUT2D eigenvalue weighted by molar-refractivity contribution is 0.0938. The largest absolute Gasteiger partial charge is 0.350 e. The number of carbonyl (C=O) groups excluding carboxylic acids is 1. The van der Waals surface area contributed by atoms with E-state index in [1.165, 1.54) is 0 Å². The first kappa shape index (κ1) is 13.3. The van der Waals surface area contributed by atoms with Crippen molar-refractivity contribution < 1.29 is 4.79 Å². The van der Waals surface area contributed by atoms with E-state index in [4.69, 9.17) is 23.2 Å². The Morgan fingerprint density at radius 2 is 2.12 bits per heavy atom. The third-order valence-corrected chi connectivity index (χ3v) is 2.84. The summed E-state index contributed by atoms with van der Waals surface area (Å²) in [5.41, 5.74) is 0.428. The summed E-state index contributed by atoms with van der Waals surface area (Å²) in [6.07, 6.45) is 1.98. The monoisotopic (exact) mass is 259 g/mol. The molecule has 0 aliphatic heterocycles. The van der Waals surface area contributed by atoms with E-state index in [1.807, 2.05) is 6.92 Å². The summed E-state index contributed by atoms with van der Waals surface area (Å²) in [6.45, 7) is 4.05. The first-order valence-electron chi connectivity index (χ1n) is 5.30. The first-order chi connectivity index (χ1) is 7.54. The summed E-state index contributed by atoms with van der Waals surface area (Å²) in [5.74, 6) is -0.173. The second-order valence-corrected chi connectivity index (χ2v) is 4.63. The van der Waals surface area contributed by atoms with Crippen molar-refractivity contribution in [1.29, 1.82) is 0 Å². The first-order valence-corrected chi connectivity index (χ1v) is 6.06. The highest BCUT2D eigenvalue weighted by Crippen LogP contribution is 2.20. The van der Waals surface area contributed by atoms with Gasteiger partial charge in [0.1, 0.15) is 0 Å². The summed E-state index contributed by atoms with van der Waals surface area (Å²) in [4.78, 5) is 11.8. The van der Waals surface area contributed by atoms with E-state index in [-0.39, 0.29) is 11.9 Å². The summed E-state index contributed by atoms with van der Waals surface area (Å²) in [7, 11) is 0. The molecule has 0 saturated carbocycles. The third-order valence-electron chi connectivity index (χ3n) is 2.27. The number of benzene rings is 1. The van der Waals surface area contributed by atoms with Gasteiger partial charge in [-0.1, -0.05) is 36.5 Å². The minimum atomic E-state index is -0.173. The molecule has 2 nitrogen and oxygen atoms in total. The Morgan fingerprint density at radius 1 is 1.44 bits per heavy atom. The Hall–Kier alpha value is -0.730. The number of amides is 1. The van der Waals surface area contributed by atoms with E-state index in [2.05, 4.69) is 12.2 Å². The quantitative estimate of drug-likeness (QED) is 0.873. The molecule has 16 heavy (non-hydrogen) atoms. The van der Waals surface area contributed by atoms with Gasteiger partial charge in [-0.25, -0.2) is 0 Å². The second-order valence-electron chi connectivity index (χ2n) is 3.79. The Bertz CT molecular complexity index is 379. The Morgan fingerprint density at radius 3 is 2.75 bits per heavy atom. The van der Waals surface area contributed by atoms with E-state index in [0.717, 1.165) is 12.8 Å². The van der Waals surface area contributed by atoms with Crippen LogP contribution in [-0.4, -0.2) is 11.9 Å². The van der Waals surface area contributed by atoms with Crippen LogP contribution in [0, 0.1) is 0 Å². The van der Waals surface area contributed by atoms with Crippen LogP contribution in [0.1, 0.15) is 37.0 Å². The molecule has 1 aromatic rings. The van der Waals surface area contributed by atoms with Crippen molar-refractivity contribution >= 4 is 29.1 Å². The highest BCUT2D eigenvalue weighted by Gasteiger charge is 2.12. The standard InChI is InChI=1S/C12H15Cl2NO/c1-3-4-8(2)15-12(16)10-7-9(13)5-6-11(10)14/h5-8H,3-4H2,1-2H3,(H,15,16)/t8-/m0/s1. The fourth-order valence-electron chi connectivity index (χ4n) is 1.48. The van der Waals surface area contributed by atoms with Crippen LogP contribution in [0.3, 0.4) is 0 Å². The Kier molecular flexibility index (Phi) is 5.10. The van der Waals surface area contributed by atoms with Gasteiger partial charge in [0.05, 0.1) is 10.6 Å². The minimum Gasteiger partial charge on any atom is -0.350 e. The fourth-order valence-corrected chi connectivity index (χ4v) is 1.85. The predicted molar refractivity (Wildman–Crippen MR) is 68.3 cm³/mol. The summed E-state index contributed by atoms with van der Waals surface area (Å²) >= 11 is 11.8. The summed E-state index contributed by atoms with van der Waals surface area (Å²) in [5, 5.41) is 3.82. The van der Waals surface area contributed by atoms with Gasteiger partial charge in [-0.05, 0) is 31.5 Å². The molecule has 0 aliphatic carbocycles. The van der Waals surface area contributed by atoms with Crippen LogP contribution in [-0.2, 0) is 0 Å². The Balaban J connectivity index is 2.76. The molecule has 0 heterocycles. The summed E-state index contributed by atoms with van der Waals surface area (Å²) < 4.78 is 0. The molecule has 1 rings (SSSR count). The van der Waals surface area contributed by atoms with Crippen molar-refractivity contribution in [3.63, 3.8) is 0 Å². The molecule has 0 fully saturated rings. The van der Waals surface area contributed by atoms with E-state index in [9.17, 15) is 4.79 Å². The molecular weight excluding hydrogens is 245 g/mol. The maximum absolute atomic E-state index is 11.8. The molecule has 4 heteroatoms.